The van der Waals surface area contributed by atoms with E-state index in [0.29, 0.717) is 5.41 Å². The van der Waals surface area contributed by atoms with E-state index in [1.54, 1.807) is 14.2 Å². The van der Waals surface area contributed by atoms with Crippen molar-refractivity contribution < 1.29 is 9.47 Å². The van der Waals surface area contributed by atoms with Gasteiger partial charge in [0.05, 0.1) is 6.04 Å². The Labute approximate surface area is 88.2 Å². The first-order chi connectivity index (χ1) is 6.46. The molecule has 0 saturated heterocycles. The van der Waals surface area contributed by atoms with Gasteiger partial charge in [-0.05, 0) is 18.8 Å². The number of hydrogen-bond acceptors (Lipinski definition) is 3. The topological polar surface area (TPSA) is 30.5 Å². The van der Waals surface area contributed by atoms with E-state index in [9.17, 15) is 0 Å². The third kappa shape index (κ3) is 4.94. The molecule has 0 aromatic carbocycles. The van der Waals surface area contributed by atoms with E-state index in [4.69, 9.17) is 9.47 Å². The van der Waals surface area contributed by atoms with Crippen molar-refractivity contribution in [1.29, 1.82) is 0 Å². The van der Waals surface area contributed by atoms with Gasteiger partial charge in [0, 0.05) is 20.8 Å². The standard InChI is InChI=1S/C11H25NO2/c1-7-11(3,4)8-12-9(2)10(13-5)14-6/h9-10,12H,7-8H2,1-6H3. The second-order valence-electron chi connectivity index (χ2n) is 4.53. The fraction of sp³-hybridized carbons (Fsp3) is 1.00. The summed E-state index contributed by atoms with van der Waals surface area (Å²) in [6, 6.07) is 0.218. The minimum absolute atomic E-state index is 0.164. The lowest BCUT2D eigenvalue weighted by Crippen LogP contribution is -2.43. The van der Waals surface area contributed by atoms with E-state index in [1.807, 2.05) is 0 Å². The van der Waals surface area contributed by atoms with Gasteiger partial charge in [-0.15, -0.1) is 0 Å². The molecule has 0 aliphatic carbocycles. The number of rotatable bonds is 7. The highest BCUT2D eigenvalue weighted by molar-refractivity contribution is 4.73. The van der Waals surface area contributed by atoms with Crippen LogP contribution in [0.25, 0.3) is 0 Å². The van der Waals surface area contributed by atoms with Gasteiger partial charge in [-0.25, -0.2) is 0 Å². The van der Waals surface area contributed by atoms with Gasteiger partial charge < -0.3 is 14.8 Å². The minimum Gasteiger partial charge on any atom is -0.354 e. The Morgan fingerprint density at radius 1 is 1.21 bits per heavy atom. The van der Waals surface area contributed by atoms with Crippen LogP contribution in [-0.4, -0.2) is 33.1 Å². The quantitative estimate of drug-likeness (QED) is 0.642. The summed E-state index contributed by atoms with van der Waals surface area (Å²) >= 11 is 0. The van der Waals surface area contributed by atoms with Crippen LogP contribution in [0.4, 0.5) is 0 Å². The molecular formula is C11H25NO2. The molecule has 0 rings (SSSR count). The monoisotopic (exact) mass is 203 g/mol. The van der Waals surface area contributed by atoms with Gasteiger partial charge in [0.2, 0.25) is 0 Å². The van der Waals surface area contributed by atoms with E-state index in [1.165, 1.54) is 0 Å². The third-order valence-electron chi connectivity index (χ3n) is 2.73. The normalized spacial score (nSPS) is 14.8. The molecule has 0 bridgehead atoms. The van der Waals surface area contributed by atoms with Gasteiger partial charge in [0.1, 0.15) is 0 Å². The van der Waals surface area contributed by atoms with Crippen molar-refractivity contribution in [3.05, 3.63) is 0 Å². The van der Waals surface area contributed by atoms with Crippen molar-refractivity contribution in [2.75, 3.05) is 20.8 Å². The summed E-state index contributed by atoms with van der Waals surface area (Å²) in [6.45, 7) is 9.76. The Morgan fingerprint density at radius 3 is 2.07 bits per heavy atom. The first-order valence-corrected chi connectivity index (χ1v) is 5.26. The zero-order valence-electron chi connectivity index (χ0n) is 10.4. The van der Waals surface area contributed by atoms with Crippen molar-refractivity contribution in [1.82, 2.24) is 5.32 Å². The van der Waals surface area contributed by atoms with E-state index in [2.05, 4.69) is 33.0 Å². The van der Waals surface area contributed by atoms with Gasteiger partial charge in [-0.2, -0.15) is 0 Å². The first kappa shape index (κ1) is 13.9. The average Bonchev–Trinajstić information content (AvgIpc) is 2.17. The molecule has 14 heavy (non-hydrogen) atoms. The second kappa shape index (κ2) is 6.38. The van der Waals surface area contributed by atoms with E-state index < -0.39 is 0 Å². The average molecular weight is 203 g/mol. The Kier molecular flexibility index (Phi) is 6.33. The number of nitrogens with one attached hydrogen (secondary N) is 1. The smallest absolute Gasteiger partial charge is 0.171 e. The minimum atomic E-state index is -0.164. The molecule has 0 fully saturated rings. The van der Waals surface area contributed by atoms with E-state index in [-0.39, 0.29) is 12.3 Å². The Hall–Kier alpha value is -0.120. The van der Waals surface area contributed by atoms with Crippen LogP contribution in [0.3, 0.4) is 0 Å². The molecule has 86 valence electrons. The maximum Gasteiger partial charge on any atom is 0.171 e. The molecule has 0 radical (unpaired) electrons. The maximum atomic E-state index is 5.18. The summed E-state index contributed by atoms with van der Waals surface area (Å²) < 4.78 is 10.4. The highest BCUT2D eigenvalue weighted by Gasteiger charge is 2.20. The van der Waals surface area contributed by atoms with Crippen molar-refractivity contribution in [2.24, 2.45) is 5.41 Å². The van der Waals surface area contributed by atoms with Gasteiger partial charge in [0.25, 0.3) is 0 Å². The van der Waals surface area contributed by atoms with Crippen LogP contribution in [0.2, 0.25) is 0 Å². The molecule has 0 aromatic heterocycles. The molecule has 0 aromatic rings. The molecule has 0 amide bonds. The molecule has 1 N–H and O–H groups in total. The highest BCUT2D eigenvalue weighted by Crippen LogP contribution is 2.18. The second-order valence-corrected chi connectivity index (χ2v) is 4.53. The summed E-state index contributed by atoms with van der Waals surface area (Å²) in [5, 5.41) is 3.43. The van der Waals surface area contributed by atoms with Crippen LogP contribution < -0.4 is 5.32 Å². The van der Waals surface area contributed by atoms with Crippen LogP contribution in [-0.2, 0) is 9.47 Å². The van der Waals surface area contributed by atoms with Gasteiger partial charge in [-0.3, -0.25) is 0 Å². The Morgan fingerprint density at radius 2 is 1.71 bits per heavy atom. The lowest BCUT2D eigenvalue weighted by Gasteiger charge is -2.28. The van der Waals surface area contributed by atoms with Crippen molar-refractivity contribution in [3.8, 4) is 0 Å². The fourth-order valence-corrected chi connectivity index (χ4v) is 1.16. The fourth-order valence-electron chi connectivity index (χ4n) is 1.16. The SMILES string of the molecule is CCC(C)(C)CNC(C)C(OC)OC. The molecule has 0 aliphatic rings. The number of ether oxygens (including phenoxy) is 2. The molecule has 1 unspecified atom stereocenters. The van der Waals surface area contributed by atoms with Crippen molar-refractivity contribution in [3.63, 3.8) is 0 Å². The van der Waals surface area contributed by atoms with E-state index >= 15 is 0 Å². The highest BCUT2D eigenvalue weighted by atomic mass is 16.7. The first-order valence-electron chi connectivity index (χ1n) is 5.26. The lowest BCUT2D eigenvalue weighted by molar-refractivity contribution is -0.120. The molecular weight excluding hydrogens is 178 g/mol. The van der Waals surface area contributed by atoms with Gasteiger partial charge in [-0.1, -0.05) is 20.8 Å². The zero-order chi connectivity index (χ0) is 11.2. The van der Waals surface area contributed by atoms with Crippen molar-refractivity contribution >= 4 is 0 Å². The molecule has 3 heteroatoms. The Balaban J connectivity index is 3.88. The summed E-state index contributed by atoms with van der Waals surface area (Å²) in [5.74, 6) is 0. The molecule has 0 heterocycles. The van der Waals surface area contributed by atoms with Gasteiger partial charge >= 0.3 is 0 Å². The maximum absolute atomic E-state index is 5.18. The van der Waals surface area contributed by atoms with Crippen molar-refractivity contribution in [2.45, 2.75) is 46.4 Å². The summed E-state index contributed by atoms with van der Waals surface area (Å²) in [5.41, 5.74) is 0.334. The third-order valence-corrected chi connectivity index (χ3v) is 2.73. The predicted molar refractivity (Wildman–Crippen MR) is 59.3 cm³/mol. The predicted octanol–water partition coefficient (Wildman–Crippen LogP) is 2.02. The summed E-state index contributed by atoms with van der Waals surface area (Å²) in [4.78, 5) is 0. The lowest BCUT2D eigenvalue weighted by atomic mass is 9.90. The number of methoxy groups -OCH3 is 2. The molecule has 0 aliphatic heterocycles. The number of hydrogen-bond donors (Lipinski definition) is 1. The molecule has 3 nitrogen and oxygen atoms in total. The van der Waals surface area contributed by atoms with Crippen LogP contribution in [0, 0.1) is 5.41 Å². The van der Waals surface area contributed by atoms with Crippen LogP contribution in [0.15, 0.2) is 0 Å². The zero-order valence-corrected chi connectivity index (χ0v) is 10.4. The molecule has 0 saturated carbocycles. The molecule has 1 atom stereocenters. The van der Waals surface area contributed by atoms with Crippen LogP contribution in [0.5, 0.6) is 0 Å². The van der Waals surface area contributed by atoms with Gasteiger partial charge in [0.15, 0.2) is 6.29 Å². The summed E-state index contributed by atoms with van der Waals surface area (Å²) in [7, 11) is 3.33. The molecule has 0 spiro atoms. The van der Waals surface area contributed by atoms with Crippen LogP contribution in [0.1, 0.15) is 34.1 Å². The summed E-state index contributed by atoms with van der Waals surface area (Å²) in [6.07, 6.45) is 1.000. The Bertz CT molecular complexity index is 144. The largest absolute Gasteiger partial charge is 0.354 e. The van der Waals surface area contributed by atoms with Crippen LogP contribution >= 0.6 is 0 Å². The van der Waals surface area contributed by atoms with E-state index in [0.717, 1.165) is 13.0 Å².